The maximum Gasteiger partial charge on any atom is 0.163 e. The first-order valence-corrected chi connectivity index (χ1v) is 5.99. The summed E-state index contributed by atoms with van der Waals surface area (Å²) in [4.78, 5) is 0. The highest BCUT2D eigenvalue weighted by molar-refractivity contribution is 5.21. The van der Waals surface area contributed by atoms with Gasteiger partial charge in [0.25, 0.3) is 0 Å². The molecule has 0 unspecified atom stereocenters. The summed E-state index contributed by atoms with van der Waals surface area (Å²) in [6.07, 6.45) is 0. The average Bonchev–Trinajstić information content (AvgIpc) is 2.40. The molecule has 0 bridgehead atoms. The van der Waals surface area contributed by atoms with E-state index < -0.39 is 11.6 Å². The highest BCUT2D eigenvalue weighted by Crippen LogP contribution is 2.16. The van der Waals surface area contributed by atoms with Crippen molar-refractivity contribution in [1.29, 1.82) is 0 Å². The maximum atomic E-state index is 13.4. The van der Waals surface area contributed by atoms with Gasteiger partial charge >= 0.3 is 0 Å². The highest BCUT2D eigenvalue weighted by Gasteiger charge is 2.10. The standard InChI is InChI=1S/C15H14F3N/c1-10(11-4-2-6-13(16)8-11)19-9-12-5-3-7-14(17)15(12)18/h2-8,10,19H,9H2,1H3/t10-/m0/s1. The van der Waals surface area contributed by atoms with E-state index in [1.165, 1.54) is 24.3 Å². The lowest BCUT2D eigenvalue weighted by molar-refractivity contribution is 0.484. The Hall–Kier alpha value is -1.81. The average molecular weight is 265 g/mol. The minimum Gasteiger partial charge on any atom is -0.306 e. The van der Waals surface area contributed by atoms with Crippen LogP contribution in [-0.4, -0.2) is 0 Å². The lowest BCUT2D eigenvalue weighted by Crippen LogP contribution is -2.19. The largest absolute Gasteiger partial charge is 0.306 e. The van der Waals surface area contributed by atoms with Crippen LogP contribution in [0.4, 0.5) is 13.2 Å². The van der Waals surface area contributed by atoms with Gasteiger partial charge in [0.2, 0.25) is 0 Å². The van der Waals surface area contributed by atoms with E-state index in [0.29, 0.717) is 0 Å². The van der Waals surface area contributed by atoms with Gasteiger partial charge in [0.05, 0.1) is 0 Å². The quantitative estimate of drug-likeness (QED) is 0.882. The van der Waals surface area contributed by atoms with E-state index in [1.54, 1.807) is 12.1 Å². The van der Waals surface area contributed by atoms with Crippen molar-refractivity contribution in [3.8, 4) is 0 Å². The van der Waals surface area contributed by atoms with Crippen LogP contribution in [0, 0.1) is 17.5 Å². The lowest BCUT2D eigenvalue weighted by Gasteiger charge is -2.14. The fraction of sp³-hybridized carbons (Fsp3) is 0.200. The molecule has 0 aliphatic heterocycles. The fourth-order valence-corrected chi connectivity index (χ4v) is 1.84. The number of nitrogens with one attached hydrogen (secondary N) is 1. The third kappa shape index (κ3) is 3.35. The van der Waals surface area contributed by atoms with Crippen LogP contribution in [0.5, 0.6) is 0 Å². The molecule has 0 aromatic heterocycles. The van der Waals surface area contributed by atoms with Crippen molar-refractivity contribution in [2.45, 2.75) is 19.5 Å². The van der Waals surface area contributed by atoms with E-state index in [9.17, 15) is 13.2 Å². The fourth-order valence-electron chi connectivity index (χ4n) is 1.84. The van der Waals surface area contributed by atoms with E-state index in [0.717, 1.165) is 11.6 Å². The summed E-state index contributed by atoms with van der Waals surface area (Å²) in [5.74, 6) is -2.03. The third-order valence-electron chi connectivity index (χ3n) is 2.98. The molecule has 1 atom stereocenters. The van der Waals surface area contributed by atoms with Crippen molar-refractivity contribution >= 4 is 0 Å². The lowest BCUT2D eigenvalue weighted by atomic mass is 10.1. The zero-order valence-corrected chi connectivity index (χ0v) is 10.5. The molecule has 0 spiro atoms. The molecule has 2 aromatic carbocycles. The van der Waals surface area contributed by atoms with Crippen molar-refractivity contribution in [2.75, 3.05) is 0 Å². The van der Waals surface area contributed by atoms with Crippen LogP contribution in [0.15, 0.2) is 42.5 Å². The Bertz CT molecular complexity index is 569. The minimum atomic E-state index is -0.863. The summed E-state index contributed by atoms with van der Waals surface area (Å²) in [6.45, 7) is 2.02. The van der Waals surface area contributed by atoms with Gasteiger partial charge < -0.3 is 5.32 Å². The molecule has 2 aromatic rings. The zero-order chi connectivity index (χ0) is 13.8. The summed E-state index contributed by atoms with van der Waals surface area (Å²) in [5.41, 5.74) is 1.01. The van der Waals surface area contributed by atoms with Crippen molar-refractivity contribution in [2.24, 2.45) is 0 Å². The van der Waals surface area contributed by atoms with Crippen LogP contribution in [0.1, 0.15) is 24.1 Å². The van der Waals surface area contributed by atoms with Crippen molar-refractivity contribution in [3.63, 3.8) is 0 Å². The summed E-state index contributed by atoms with van der Waals surface area (Å²) in [7, 11) is 0. The van der Waals surface area contributed by atoms with Crippen LogP contribution in [0.2, 0.25) is 0 Å². The van der Waals surface area contributed by atoms with E-state index in [4.69, 9.17) is 0 Å². The molecule has 0 amide bonds. The number of hydrogen-bond acceptors (Lipinski definition) is 1. The Kier molecular flexibility index (Phi) is 4.22. The molecule has 2 rings (SSSR count). The van der Waals surface area contributed by atoms with Gasteiger partial charge in [0.15, 0.2) is 11.6 Å². The smallest absolute Gasteiger partial charge is 0.163 e. The van der Waals surface area contributed by atoms with Gasteiger partial charge in [-0.15, -0.1) is 0 Å². The van der Waals surface area contributed by atoms with Crippen LogP contribution >= 0.6 is 0 Å². The molecule has 0 radical (unpaired) electrons. The second kappa shape index (κ2) is 5.89. The maximum absolute atomic E-state index is 13.4. The summed E-state index contributed by atoms with van der Waals surface area (Å²) in [5, 5.41) is 3.04. The monoisotopic (exact) mass is 265 g/mol. The molecule has 0 saturated carbocycles. The van der Waals surface area contributed by atoms with E-state index in [-0.39, 0.29) is 24.0 Å². The van der Waals surface area contributed by atoms with Gasteiger partial charge in [0.1, 0.15) is 5.82 Å². The SMILES string of the molecule is C[C@H](NCc1cccc(F)c1F)c1cccc(F)c1. The summed E-state index contributed by atoms with van der Waals surface area (Å²) >= 11 is 0. The molecule has 0 heterocycles. The van der Waals surface area contributed by atoms with Crippen LogP contribution in [0.3, 0.4) is 0 Å². The number of hydrogen-bond donors (Lipinski definition) is 1. The molecule has 0 aliphatic rings. The van der Waals surface area contributed by atoms with Crippen molar-refractivity contribution in [1.82, 2.24) is 5.32 Å². The Balaban J connectivity index is 2.04. The van der Waals surface area contributed by atoms with Gasteiger partial charge in [-0.05, 0) is 30.7 Å². The number of halogens is 3. The molecule has 100 valence electrons. The number of rotatable bonds is 4. The second-order valence-corrected chi connectivity index (χ2v) is 4.37. The van der Waals surface area contributed by atoms with Crippen LogP contribution in [0.25, 0.3) is 0 Å². The first kappa shape index (κ1) is 13.6. The molecular formula is C15H14F3N. The van der Waals surface area contributed by atoms with E-state index in [1.807, 2.05) is 6.92 Å². The Morgan fingerprint density at radius 1 is 1.05 bits per heavy atom. The number of benzene rings is 2. The summed E-state index contributed by atoms with van der Waals surface area (Å²) in [6, 6.07) is 10.1. The second-order valence-electron chi connectivity index (χ2n) is 4.37. The van der Waals surface area contributed by atoms with Crippen LogP contribution < -0.4 is 5.32 Å². The predicted octanol–water partition coefficient (Wildman–Crippen LogP) is 3.95. The Morgan fingerprint density at radius 3 is 2.53 bits per heavy atom. The molecule has 1 N–H and O–H groups in total. The van der Waals surface area contributed by atoms with Gasteiger partial charge in [-0.2, -0.15) is 0 Å². The van der Waals surface area contributed by atoms with Crippen molar-refractivity contribution < 1.29 is 13.2 Å². The molecule has 0 fully saturated rings. The van der Waals surface area contributed by atoms with E-state index >= 15 is 0 Å². The van der Waals surface area contributed by atoms with Gasteiger partial charge in [-0.25, -0.2) is 13.2 Å². The predicted molar refractivity (Wildman–Crippen MR) is 68.0 cm³/mol. The first-order chi connectivity index (χ1) is 9.08. The van der Waals surface area contributed by atoms with Gasteiger partial charge in [0, 0.05) is 18.2 Å². The zero-order valence-electron chi connectivity index (χ0n) is 10.5. The summed E-state index contributed by atoms with van der Waals surface area (Å²) < 4.78 is 39.5. The topological polar surface area (TPSA) is 12.0 Å². The first-order valence-electron chi connectivity index (χ1n) is 5.99. The van der Waals surface area contributed by atoms with Crippen LogP contribution in [-0.2, 0) is 6.54 Å². The van der Waals surface area contributed by atoms with Gasteiger partial charge in [-0.3, -0.25) is 0 Å². The molecule has 0 aliphatic carbocycles. The van der Waals surface area contributed by atoms with Gasteiger partial charge in [-0.1, -0.05) is 24.3 Å². The Morgan fingerprint density at radius 2 is 1.79 bits per heavy atom. The molecule has 1 nitrogen and oxygen atoms in total. The van der Waals surface area contributed by atoms with Crippen molar-refractivity contribution in [3.05, 3.63) is 71.0 Å². The van der Waals surface area contributed by atoms with E-state index in [2.05, 4.69) is 5.32 Å². The highest BCUT2D eigenvalue weighted by atomic mass is 19.2. The molecule has 0 saturated heterocycles. The molecule has 4 heteroatoms. The normalized spacial score (nSPS) is 12.4. The molecular weight excluding hydrogens is 251 g/mol. The minimum absolute atomic E-state index is 0.154. The Labute approximate surface area is 110 Å². The third-order valence-corrected chi connectivity index (χ3v) is 2.98. The molecule has 19 heavy (non-hydrogen) atoms.